The molecule has 0 radical (unpaired) electrons. The third kappa shape index (κ3) is 5.86. The summed E-state index contributed by atoms with van der Waals surface area (Å²) >= 11 is 0. The third-order valence-electron chi connectivity index (χ3n) is 7.06. The second kappa shape index (κ2) is 9.57. The number of rotatable bonds is 6. The van der Waals surface area contributed by atoms with Gasteiger partial charge < -0.3 is 4.74 Å². The highest BCUT2D eigenvalue weighted by Crippen LogP contribution is 2.46. The molecule has 0 amide bonds. The zero-order valence-corrected chi connectivity index (χ0v) is 17.6. The number of benzene rings is 1. The van der Waals surface area contributed by atoms with E-state index in [1.165, 1.54) is 25.7 Å². The molecule has 2 aliphatic rings. The molecule has 1 nitrogen and oxygen atoms in total. The van der Waals surface area contributed by atoms with Gasteiger partial charge in [-0.2, -0.15) is 22.0 Å². The Morgan fingerprint density at radius 3 is 1.74 bits per heavy atom. The molecule has 0 unspecified atom stereocenters. The molecule has 0 saturated heterocycles. The Bertz CT molecular complexity index is 707. The summed E-state index contributed by atoms with van der Waals surface area (Å²) < 4.78 is 99.0. The average Bonchev–Trinajstić information content (AvgIpc) is 2.67. The molecule has 3 rings (SSSR count). The van der Waals surface area contributed by atoms with Crippen LogP contribution in [0.1, 0.15) is 76.7 Å². The molecule has 1 aromatic rings. The van der Waals surface area contributed by atoms with Crippen LogP contribution in [0, 0.1) is 35.3 Å². The fourth-order valence-electron chi connectivity index (χ4n) is 5.40. The van der Waals surface area contributed by atoms with Crippen LogP contribution < -0.4 is 4.74 Å². The van der Waals surface area contributed by atoms with Crippen molar-refractivity contribution in [3.8, 4) is 5.75 Å². The number of alkyl halides is 5. The van der Waals surface area contributed by atoms with Crippen LogP contribution in [-0.4, -0.2) is 6.11 Å². The number of ether oxygens (including phenoxy) is 1. The summed E-state index contributed by atoms with van der Waals surface area (Å²) in [6, 6.07) is 0.334. The lowest BCUT2D eigenvalue weighted by atomic mass is 9.68. The Hall–Kier alpha value is -1.47. The smallest absolute Gasteiger partial charge is 0.422 e. The van der Waals surface area contributed by atoms with Crippen molar-refractivity contribution in [1.82, 2.24) is 0 Å². The topological polar surface area (TPSA) is 9.23 Å². The molecule has 0 atom stereocenters. The summed E-state index contributed by atoms with van der Waals surface area (Å²) in [6.45, 7) is 2.18. The minimum atomic E-state index is -5.26. The predicted octanol–water partition coefficient (Wildman–Crippen LogP) is 8.37. The Morgan fingerprint density at radius 2 is 1.29 bits per heavy atom. The van der Waals surface area contributed by atoms with Gasteiger partial charge in [0.25, 0.3) is 0 Å². The van der Waals surface area contributed by atoms with Gasteiger partial charge >= 0.3 is 12.3 Å². The quantitative estimate of drug-likeness (QED) is 0.392. The molecule has 2 aliphatic carbocycles. The van der Waals surface area contributed by atoms with Crippen LogP contribution in [0.15, 0.2) is 12.1 Å². The predicted molar refractivity (Wildman–Crippen MR) is 103 cm³/mol. The molecule has 0 spiro atoms. The fourth-order valence-corrected chi connectivity index (χ4v) is 5.40. The van der Waals surface area contributed by atoms with Crippen LogP contribution >= 0.6 is 0 Å². The highest BCUT2D eigenvalue weighted by atomic mass is 19.4. The summed E-state index contributed by atoms with van der Waals surface area (Å²) in [7, 11) is 0. The molecule has 0 aliphatic heterocycles. The standard InChI is InChI=1S/C23H29F7O/c1-2-3-14-4-6-15(7-5-14)16-8-10-17(11-9-16)23(29,30)31-18-12-19(24)21(20(25)13-18)22(26,27)28/h12-17H,2-11H2,1H3. The minimum absolute atomic E-state index is 0.167. The van der Waals surface area contributed by atoms with E-state index in [1.54, 1.807) is 0 Å². The maximum Gasteiger partial charge on any atom is 0.422 e. The van der Waals surface area contributed by atoms with Gasteiger partial charge in [-0.15, -0.1) is 0 Å². The van der Waals surface area contributed by atoms with E-state index in [2.05, 4.69) is 11.7 Å². The molecule has 2 saturated carbocycles. The van der Waals surface area contributed by atoms with Crippen LogP contribution in [0.5, 0.6) is 5.75 Å². The average molecular weight is 454 g/mol. The maximum absolute atomic E-state index is 14.6. The largest absolute Gasteiger partial charge is 0.432 e. The Labute approximate surface area is 178 Å². The van der Waals surface area contributed by atoms with E-state index in [0.717, 1.165) is 18.8 Å². The van der Waals surface area contributed by atoms with Gasteiger partial charge in [-0.1, -0.05) is 32.6 Å². The molecular formula is C23H29F7O. The van der Waals surface area contributed by atoms with Crippen LogP contribution in [0.3, 0.4) is 0 Å². The van der Waals surface area contributed by atoms with Gasteiger partial charge in [0.1, 0.15) is 22.9 Å². The van der Waals surface area contributed by atoms with E-state index in [4.69, 9.17) is 0 Å². The molecule has 31 heavy (non-hydrogen) atoms. The second-order valence-corrected chi connectivity index (χ2v) is 9.10. The summed E-state index contributed by atoms with van der Waals surface area (Å²) in [5.74, 6) is -4.28. The van der Waals surface area contributed by atoms with E-state index < -0.39 is 41.2 Å². The van der Waals surface area contributed by atoms with Crippen molar-refractivity contribution in [3.63, 3.8) is 0 Å². The molecule has 176 valence electrons. The first-order valence-corrected chi connectivity index (χ1v) is 11.1. The summed E-state index contributed by atoms with van der Waals surface area (Å²) in [5, 5.41) is 0. The van der Waals surface area contributed by atoms with Crippen molar-refractivity contribution in [2.45, 2.75) is 83.4 Å². The zero-order chi connectivity index (χ0) is 22.8. The first-order chi connectivity index (χ1) is 14.5. The summed E-state index contributed by atoms with van der Waals surface area (Å²) in [5.41, 5.74) is -2.11. The summed E-state index contributed by atoms with van der Waals surface area (Å²) in [6.07, 6.45) is -0.150. The molecule has 0 aromatic heterocycles. The van der Waals surface area contributed by atoms with Crippen molar-refractivity contribution >= 4 is 0 Å². The summed E-state index contributed by atoms with van der Waals surface area (Å²) in [4.78, 5) is 0. The van der Waals surface area contributed by atoms with Crippen molar-refractivity contribution in [1.29, 1.82) is 0 Å². The van der Waals surface area contributed by atoms with Gasteiger partial charge in [0.05, 0.1) is 5.92 Å². The fraction of sp³-hybridized carbons (Fsp3) is 0.739. The molecule has 2 fully saturated rings. The van der Waals surface area contributed by atoms with Crippen LogP contribution in [0.2, 0.25) is 0 Å². The first-order valence-electron chi connectivity index (χ1n) is 11.1. The highest BCUT2D eigenvalue weighted by Gasteiger charge is 2.46. The second-order valence-electron chi connectivity index (χ2n) is 9.10. The van der Waals surface area contributed by atoms with Crippen LogP contribution in [0.25, 0.3) is 0 Å². The molecule has 0 bridgehead atoms. The van der Waals surface area contributed by atoms with Gasteiger partial charge in [-0.05, 0) is 56.3 Å². The highest BCUT2D eigenvalue weighted by molar-refractivity contribution is 5.32. The number of hydrogen-bond acceptors (Lipinski definition) is 1. The lowest BCUT2D eigenvalue weighted by Crippen LogP contribution is -2.38. The SMILES string of the molecule is CCCC1CCC(C2CCC(C(F)(F)Oc3cc(F)c(C(F)(F)F)c(F)c3)CC2)CC1. The van der Waals surface area contributed by atoms with E-state index >= 15 is 0 Å². The van der Waals surface area contributed by atoms with Gasteiger partial charge in [0, 0.05) is 12.1 Å². The van der Waals surface area contributed by atoms with Gasteiger partial charge in [-0.25, -0.2) is 8.78 Å². The third-order valence-corrected chi connectivity index (χ3v) is 7.06. The Morgan fingerprint density at radius 1 is 0.806 bits per heavy atom. The normalized spacial score (nSPS) is 27.9. The molecule has 8 heteroatoms. The van der Waals surface area contributed by atoms with E-state index in [-0.39, 0.29) is 25.0 Å². The van der Waals surface area contributed by atoms with Crippen molar-refractivity contribution < 1.29 is 35.5 Å². The van der Waals surface area contributed by atoms with Crippen LogP contribution in [0.4, 0.5) is 30.7 Å². The molecule has 0 N–H and O–H groups in total. The van der Waals surface area contributed by atoms with Crippen LogP contribution in [-0.2, 0) is 6.18 Å². The molecule has 0 heterocycles. The van der Waals surface area contributed by atoms with Crippen molar-refractivity contribution in [3.05, 3.63) is 29.3 Å². The van der Waals surface area contributed by atoms with Gasteiger partial charge in [-0.3, -0.25) is 0 Å². The number of halogens is 7. The Kier molecular flexibility index (Phi) is 7.47. The minimum Gasteiger partial charge on any atom is -0.432 e. The lowest BCUT2D eigenvalue weighted by Gasteiger charge is -2.39. The molecular weight excluding hydrogens is 425 g/mol. The monoisotopic (exact) mass is 454 g/mol. The van der Waals surface area contributed by atoms with Gasteiger partial charge in [0.2, 0.25) is 0 Å². The van der Waals surface area contributed by atoms with Gasteiger partial charge in [0.15, 0.2) is 0 Å². The lowest BCUT2D eigenvalue weighted by molar-refractivity contribution is -0.224. The van der Waals surface area contributed by atoms with E-state index in [1.807, 2.05) is 0 Å². The van der Waals surface area contributed by atoms with Crippen molar-refractivity contribution in [2.24, 2.45) is 23.7 Å². The van der Waals surface area contributed by atoms with Crippen molar-refractivity contribution in [2.75, 3.05) is 0 Å². The number of hydrogen-bond donors (Lipinski definition) is 0. The van der Waals surface area contributed by atoms with E-state index in [9.17, 15) is 30.7 Å². The zero-order valence-electron chi connectivity index (χ0n) is 17.6. The first kappa shape index (κ1) is 24.2. The van der Waals surface area contributed by atoms with E-state index in [0.29, 0.717) is 24.7 Å². The maximum atomic E-state index is 14.6. The molecule has 1 aromatic carbocycles. The Balaban J connectivity index is 1.57.